The summed E-state index contributed by atoms with van der Waals surface area (Å²) in [7, 11) is 2.09. The molecule has 2 saturated heterocycles. The molecule has 13 nitrogen and oxygen atoms in total. The van der Waals surface area contributed by atoms with Gasteiger partial charge in [0.05, 0.1) is 28.9 Å². The number of pyridine rings is 2. The van der Waals surface area contributed by atoms with Gasteiger partial charge in [-0.05, 0) is 79.4 Å². The molecule has 3 aromatic heterocycles. The van der Waals surface area contributed by atoms with E-state index in [0.29, 0.717) is 11.6 Å². The van der Waals surface area contributed by atoms with Crippen LogP contribution in [0.5, 0.6) is 11.6 Å². The molecule has 3 aliphatic heterocycles. The summed E-state index contributed by atoms with van der Waals surface area (Å²) in [6, 6.07) is 24.3. The first-order chi connectivity index (χ1) is 29.8. The van der Waals surface area contributed by atoms with Crippen LogP contribution in [0.25, 0.3) is 32.9 Å². The number of nitrogens with one attached hydrogen (secondary N) is 1. The van der Waals surface area contributed by atoms with Crippen LogP contribution in [0.1, 0.15) is 64.8 Å². The number of carbonyl (C=O) groups is 4. The van der Waals surface area contributed by atoms with E-state index in [2.05, 4.69) is 80.0 Å². The summed E-state index contributed by atoms with van der Waals surface area (Å²) in [6.45, 7) is 1.85. The van der Waals surface area contributed by atoms with Crippen LogP contribution in [-0.4, -0.2) is 87.1 Å². The SMILES string of the molecule is Cn1c2ccncc2c2ccc(-c3ccc(O[C@H]4C[C@H](OC5CCN(c6cccc(C#CCOc7ccc8c(c7)C(=O)N(C7CCC(=O)NC7=O)C8=O)c6)CC5)C4)nc3)cc21. The largest absolute Gasteiger partial charge is 0.481 e. The van der Waals surface area contributed by atoms with Crippen molar-refractivity contribution in [1.29, 1.82) is 0 Å². The van der Waals surface area contributed by atoms with E-state index >= 15 is 0 Å². The number of nitrogens with zero attached hydrogens (tertiary/aromatic N) is 5. The van der Waals surface area contributed by atoms with Gasteiger partial charge in [-0.1, -0.05) is 30.0 Å². The highest BCUT2D eigenvalue weighted by molar-refractivity contribution is 6.23. The Kier molecular flexibility index (Phi) is 9.92. The number of anilines is 1. The van der Waals surface area contributed by atoms with Gasteiger partial charge >= 0.3 is 0 Å². The molecule has 1 aliphatic carbocycles. The lowest BCUT2D eigenvalue weighted by Gasteiger charge is -2.40. The quantitative estimate of drug-likeness (QED) is 0.132. The summed E-state index contributed by atoms with van der Waals surface area (Å²) >= 11 is 0. The number of imide groups is 2. The smallest absolute Gasteiger partial charge is 0.262 e. The maximum absolute atomic E-state index is 13.1. The van der Waals surface area contributed by atoms with E-state index in [0.717, 1.165) is 82.5 Å². The number of aryl methyl sites for hydroxylation is 1. The van der Waals surface area contributed by atoms with Crippen molar-refractivity contribution in [3.63, 3.8) is 0 Å². The van der Waals surface area contributed by atoms with Crippen molar-refractivity contribution in [3.8, 4) is 34.6 Å². The van der Waals surface area contributed by atoms with Gasteiger partial charge in [0, 0.05) is 97.2 Å². The third-order valence-electron chi connectivity index (χ3n) is 12.2. The lowest BCUT2D eigenvalue weighted by atomic mass is 9.91. The Morgan fingerprint density at radius 3 is 2.44 bits per heavy atom. The van der Waals surface area contributed by atoms with Gasteiger partial charge in [-0.15, -0.1) is 0 Å². The third-order valence-corrected chi connectivity index (χ3v) is 12.2. The van der Waals surface area contributed by atoms with E-state index in [1.54, 1.807) is 6.07 Å². The number of amides is 4. The maximum atomic E-state index is 13.1. The molecular formula is C48H42N6O7. The number of fused-ring (bicyclic) bond motifs is 4. The summed E-state index contributed by atoms with van der Waals surface area (Å²) in [5.74, 6) is 5.03. The molecule has 1 N–H and O–H groups in total. The Labute approximate surface area is 351 Å². The van der Waals surface area contributed by atoms with Crippen molar-refractivity contribution in [1.82, 2.24) is 24.8 Å². The van der Waals surface area contributed by atoms with E-state index < -0.39 is 29.7 Å². The molecule has 1 atom stereocenters. The Morgan fingerprint density at radius 1 is 0.787 bits per heavy atom. The van der Waals surface area contributed by atoms with E-state index in [1.165, 1.54) is 17.5 Å². The second-order valence-corrected chi connectivity index (χ2v) is 16.0. The molecule has 0 spiro atoms. The fourth-order valence-electron chi connectivity index (χ4n) is 8.85. The van der Waals surface area contributed by atoms with Crippen LogP contribution in [0.4, 0.5) is 5.69 Å². The molecule has 4 amide bonds. The summed E-state index contributed by atoms with van der Waals surface area (Å²) in [5, 5.41) is 4.55. The second kappa shape index (κ2) is 15.9. The van der Waals surface area contributed by atoms with Crippen molar-refractivity contribution < 1.29 is 33.4 Å². The number of rotatable bonds is 9. The first kappa shape index (κ1) is 38.2. The molecule has 3 fully saturated rings. The number of ether oxygens (including phenoxy) is 3. The number of piperidine rings is 2. The van der Waals surface area contributed by atoms with Crippen LogP contribution < -0.4 is 19.7 Å². The molecule has 306 valence electrons. The minimum atomic E-state index is -1.02. The Morgan fingerprint density at radius 2 is 1.62 bits per heavy atom. The molecule has 13 heteroatoms. The number of hydrogen-bond acceptors (Lipinski definition) is 10. The molecule has 0 radical (unpaired) electrons. The van der Waals surface area contributed by atoms with Crippen LogP contribution >= 0.6 is 0 Å². The lowest BCUT2D eigenvalue weighted by Crippen LogP contribution is -2.54. The molecule has 6 aromatic rings. The van der Waals surface area contributed by atoms with Gasteiger partial charge in [-0.25, -0.2) is 4.98 Å². The van der Waals surface area contributed by atoms with Gasteiger partial charge in [0.2, 0.25) is 17.7 Å². The topological polar surface area (TPSA) is 145 Å². The fraction of sp³-hybridized carbons (Fsp3) is 0.292. The molecule has 1 saturated carbocycles. The first-order valence-corrected chi connectivity index (χ1v) is 20.7. The van der Waals surface area contributed by atoms with E-state index in [9.17, 15) is 19.2 Å². The summed E-state index contributed by atoms with van der Waals surface area (Å²) in [4.78, 5) is 62.3. The van der Waals surface area contributed by atoms with Crippen molar-refractivity contribution >= 4 is 51.1 Å². The predicted molar refractivity (Wildman–Crippen MR) is 227 cm³/mol. The standard InChI is InChI=1S/C48H42N6O7/c1-52-41-15-18-49-28-40(41)37-10-7-30(23-43(37)52)31-8-14-45(50-27-31)61-36-24-35(25-36)60-33-16-19-53(20-17-33)32-6-2-4-29(22-32)5-3-21-59-34-9-11-38-39(26-34)48(58)54(47(38)57)42-12-13-44(55)51-46(42)56/h2,4,6-11,14-15,18,22-23,26-28,33,35-36,42H,12-13,16-17,19-21,24-25H2,1H3,(H,51,55,56)/t35-,36-,42?. The number of benzene rings is 3. The Hall–Kier alpha value is -7.04. The third kappa shape index (κ3) is 7.44. The van der Waals surface area contributed by atoms with Crippen molar-refractivity contribution in [2.75, 3.05) is 24.6 Å². The van der Waals surface area contributed by atoms with E-state index in [1.807, 2.05) is 42.9 Å². The van der Waals surface area contributed by atoms with Crippen LogP contribution in [0, 0.1) is 11.8 Å². The van der Waals surface area contributed by atoms with Gasteiger partial charge in [-0.3, -0.25) is 34.4 Å². The van der Waals surface area contributed by atoms with Crippen LogP contribution in [0.3, 0.4) is 0 Å². The molecule has 6 heterocycles. The Balaban J connectivity index is 0.666. The van der Waals surface area contributed by atoms with Gasteiger partial charge in [0.25, 0.3) is 11.8 Å². The van der Waals surface area contributed by atoms with Crippen LogP contribution in [0.15, 0.2) is 97.5 Å². The van der Waals surface area contributed by atoms with Crippen molar-refractivity contribution in [3.05, 3.63) is 114 Å². The number of aromatic nitrogens is 3. The predicted octanol–water partition coefficient (Wildman–Crippen LogP) is 6.22. The highest BCUT2D eigenvalue weighted by atomic mass is 16.5. The normalized spacial score (nSPS) is 20.3. The highest BCUT2D eigenvalue weighted by Gasteiger charge is 2.44. The molecule has 4 aliphatic rings. The van der Waals surface area contributed by atoms with Gasteiger partial charge in [-0.2, -0.15) is 0 Å². The van der Waals surface area contributed by atoms with Gasteiger partial charge in [0.1, 0.15) is 24.5 Å². The monoisotopic (exact) mass is 814 g/mol. The minimum absolute atomic E-state index is 0.0631. The number of hydrogen-bond donors (Lipinski definition) is 1. The van der Waals surface area contributed by atoms with Crippen molar-refractivity contribution in [2.45, 2.75) is 62.9 Å². The molecule has 61 heavy (non-hydrogen) atoms. The molecule has 1 unspecified atom stereocenters. The van der Waals surface area contributed by atoms with Gasteiger partial charge in [0.15, 0.2) is 0 Å². The van der Waals surface area contributed by atoms with Crippen LogP contribution in [-0.2, 0) is 21.4 Å². The number of carbonyl (C=O) groups excluding carboxylic acids is 4. The molecular weight excluding hydrogens is 773 g/mol. The first-order valence-electron chi connectivity index (χ1n) is 20.7. The molecule has 0 bridgehead atoms. The lowest BCUT2D eigenvalue weighted by molar-refractivity contribution is -0.136. The van der Waals surface area contributed by atoms with Crippen LogP contribution in [0.2, 0.25) is 0 Å². The molecule has 10 rings (SSSR count). The molecule has 3 aromatic carbocycles. The average Bonchev–Trinajstić information content (AvgIpc) is 3.69. The second-order valence-electron chi connectivity index (χ2n) is 16.0. The zero-order valence-electron chi connectivity index (χ0n) is 33.5. The van der Waals surface area contributed by atoms with Gasteiger partial charge < -0.3 is 23.7 Å². The minimum Gasteiger partial charge on any atom is -0.481 e. The highest BCUT2D eigenvalue weighted by Crippen LogP contribution is 2.35. The van der Waals surface area contributed by atoms with E-state index in [4.69, 9.17) is 14.2 Å². The summed E-state index contributed by atoms with van der Waals surface area (Å²) in [6.07, 6.45) is 9.89. The van der Waals surface area contributed by atoms with Crippen molar-refractivity contribution in [2.24, 2.45) is 7.05 Å². The summed E-state index contributed by atoms with van der Waals surface area (Å²) in [5.41, 5.74) is 6.80. The summed E-state index contributed by atoms with van der Waals surface area (Å²) < 4.78 is 20.7. The average molecular weight is 815 g/mol. The zero-order valence-corrected chi connectivity index (χ0v) is 33.5. The van der Waals surface area contributed by atoms with E-state index in [-0.39, 0.29) is 48.9 Å². The Bertz CT molecular complexity index is 2790. The zero-order chi connectivity index (χ0) is 41.6. The fourth-order valence-corrected chi connectivity index (χ4v) is 8.85. The maximum Gasteiger partial charge on any atom is 0.262 e.